The van der Waals surface area contributed by atoms with Gasteiger partial charge in [-0.25, -0.2) is 9.78 Å². The zero-order valence-corrected chi connectivity index (χ0v) is 16.8. The minimum atomic E-state index is -1.16. The number of nitriles is 1. The van der Waals surface area contributed by atoms with Gasteiger partial charge in [0.2, 0.25) is 0 Å². The molecule has 12 heteroatoms. The summed E-state index contributed by atoms with van der Waals surface area (Å²) in [7, 11) is 1.16. The molecule has 12 nitrogen and oxygen atoms in total. The van der Waals surface area contributed by atoms with Crippen molar-refractivity contribution in [1.29, 1.82) is 5.26 Å². The van der Waals surface area contributed by atoms with Crippen molar-refractivity contribution >= 4 is 23.9 Å². The fraction of sp³-hybridized carbons (Fsp3) is 0.556. The highest BCUT2D eigenvalue weighted by Crippen LogP contribution is 2.35. The number of nitrogens with zero attached hydrogens (tertiary/aromatic N) is 3. The number of carbonyl (C=O) groups is 4. The van der Waals surface area contributed by atoms with E-state index < -0.39 is 48.4 Å². The van der Waals surface area contributed by atoms with Crippen molar-refractivity contribution in [3.05, 3.63) is 17.7 Å². The molecule has 1 aliphatic rings. The number of carbonyl (C=O) groups excluding carboxylic acids is 4. The number of imidazole rings is 1. The summed E-state index contributed by atoms with van der Waals surface area (Å²) in [6.45, 7) is 3.23. The van der Waals surface area contributed by atoms with E-state index in [0.29, 0.717) is 0 Å². The van der Waals surface area contributed by atoms with E-state index in [4.69, 9.17) is 24.2 Å². The normalized spacial score (nSPS) is 22.6. The Balaban J connectivity index is 2.50. The Hall–Kier alpha value is -3.46. The molecule has 0 aliphatic carbocycles. The molecule has 1 aromatic rings. The van der Waals surface area contributed by atoms with E-state index >= 15 is 0 Å². The van der Waals surface area contributed by atoms with Gasteiger partial charge in [0.15, 0.2) is 24.1 Å². The van der Waals surface area contributed by atoms with E-state index in [1.165, 1.54) is 17.8 Å². The van der Waals surface area contributed by atoms with Crippen LogP contribution in [0.4, 0.5) is 0 Å². The molecule has 162 valence electrons. The van der Waals surface area contributed by atoms with Gasteiger partial charge in [-0.05, 0) is 0 Å². The summed E-state index contributed by atoms with van der Waals surface area (Å²) < 4.78 is 27.4. The monoisotopic (exact) mass is 423 g/mol. The summed E-state index contributed by atoms with van der Waals surface area (Å²) in [4.78, 5) is 50.5. The Bertz CT molecular complexity index is 873. The van der Waals surface area contributed by atoms with Gasteiger partial charge in [-0.1, -0.05) is 0 Å². The fourth-order valence-corrected chi connectivity index (χ4v) is 3.04. The zero-order chi connectivity index (χ0) is 22.4. The molecule has 1 aromatic heterocycles. The lowest BCUT2D eigenvalue weighted by Gasteiger charge is -2.24. The van der Waals surface area contributed by atoms with Crippen molar-refractivity contribution in [3.8, 4) is 6.07 Å². The first kappa shape index (κ1) is 22.8. The Kier molecular flexibility index (Phi) is 7.48. The predicted octanol–water partition coefficient (Wildman–Crippen LogP) is 0.0597. The van der Waals surface area contributed by atoms with Gasteiger partial charge in [-0.3, -0.25) is 14.4 Å². The van der Waals surface area contributed by atoms with Crippen LogP contribution in [0.1, 0.15) is 43.2 Å². The maximum atomic E-state index is 12.0. The van der Waals surface area contributed by atoms with Crippen LogP contribution in [0.3, 0.4) is 0 Å². The lowest BCUT2D eigenvalue weighted by atomic mass is 10.1. The average Bonchev–Trinajstić information content (AvgIpc) is 3.21. The molecular weight excluding hydrogens is 402 g/mol. The van der Waals surface area contributed by atoms with Gasteiger partial charge in [-0.2, -0.15) is 5.26 Å². The molecular formula is C18H21N3O9. The third-order valence-corrected chi connectivity index (χ3v) is 4.14. The number of rotatable bonds is 7. The summed E-state index contributed by atoms with van der Waals surface area (Å²) in [5.74, 6) is -2.72. The molecule has 4 atom stereocenters. The third-order valence-electron chi connectivity index (χ3n) is 4.14. The molecule has 2 rings (SSSR count). The van der Waals surface area contributed by atoms with Crippen LogP contribution in [-0.4, -0.2) is 65.5 Å². The molecule has 0 aromatic carbocycles. The number of aromatic nitrogens is 2. The molecule has 0 amide bonds. The van der Waals surface area contributed by atoms with E-state index in [-0.39, 0.29) is 24.4 Å². The average molecular weight is 423 g/mol. The lowest BCUT2D eigenvalue weighted by molar-refractivity contribution is -0.166. The molecule has 0 radical (unpaired) electrons. The van der Waals surface area contributed by atoms with Crippen LogP contribution in [-0.2, 0) is 44.5 Å². The maximum Gasteiger partial charge on any atom is 0.358 e. The van der Waals surface area contributed by atoms with E-state index in [2.05, 4.69) is 9.72 Å². The molecule has 30 heavy (non-hydrogen) atoms. The molecule has 0 saturated carbocycles. The molecule has 1 saturated heterocycles. The minimum Gasteiger partial charge on any atom is -0.464 e. The van der Waals surface area contributed by atoms with Crippen LogP contribution in [0.5, 0.6) is 0 Å². The van der Waals surface area contributed by atoms with Crippen molar-refractivity contribution in [2.24, 2.45) is 0 Å². The summed E-state index contributed by atoms with van der Waals surface area (Å²) in [5, 5.41) is 9.17. The second-order valence-electron chi connectivity index (χ2n) is 6.29. The first-order valence-electron chi connectivity index (χ1n) is 8.83. The van der Waals surface area contributed by atoms with Crippen LogP contribution >= 0.6 is 0 Å². The first-order valence-corrected chi connectivity index (χ1v) is 8.83. The van der Waals surface area contributed by atoms with Gasteiger partial charge >= 0.3 is 23.9 Å². The minimum absolute atomic E-state index is 0.114. The third kappa shape index (κ3) is 5.12. The molecule has 0 unspecified atom stereocenters. The number of hydrogen-bond donors (Lipinski definition) is 0. The van der Waals surface area contributed by atoms with Gasteiger partial charge in [0, 0.05) is 20.8 Å². The predicted molar refractivity (Wildman–Crippen MR) is 94.5 cm³/mol. The van der Waals surface area contributed by atoms with E-state index in [9.17, 15) is 19.2 Å². The van der Waals surface area contributed by atoms with Crippen molar-refractivity contribution in [1.82, 2.24) is 9.55 Å². The highest BCUT2D eigenvalue weighted by atomic mass is 16.7. The molecule has 1 fully saturated rings. The molecule has 1 aliphatic heterocycles. The van der Waals surface area contributed by atoms with Crippen LogP contribution in [0.2, 0.25) is 0 Å². The Morgan fingerprint density at radius 3 is 2.30 bits per heavy atom. The Morgan fingerprint density at radius 2 is 1.77 bits per heavy atom. The van der Waals surface area contributed by atoms with Gasteiger partial charge in [0.25, 0.3) is 0 Å². The van der Waals surface area contributed by atoms with Crippen molar-refractivity contribution < 1.29 is 42.9 Å². The molecule has 0 N–H and O–H groups in total. The smallest absolute Gasteiger partial charge is 0.358 e. The molecule has 0 spiro atoms. The summed E-state index contributed by atoms with van der Waals surface area (Å²) in [5.41, 5.74) is 0.0397. The number of esters is 4. The van der Waals surface area contributed by atoms with Gasteiger partial charge < -0.3 is 28.3 Å². The highest BCUT2D eigenvalue weighted by molar-refractivity contribution is 5.88. The van der Waals surface area contributed by atoms with E-state index in [1.807, 2.05) is 6.07 Å². The van der Waals surface area contributed by atoms with E-state index in [1.54, 1.807) is 0 Å². The highest BCUT2D eigenvalue weighted by Gasteiger charge is 2.51. The maximum absolute atomic E-state index is 12.0. The first-order chi connectivity index (χ1) is 14.2. The molecule has 2 heterocycles. The van der Waals surface area contributed by atoms with Gasteiger partial charge in [0.05, 0.1) is 31.6 Å². The number of methoxy groups -OCH3 is 1. The fourth-order valence-electron chi connectivity index (χ4n) is 3.04. The summed E-state index contributed by atoms with van der Waals surface area (Å²) in [6.07, 6.45) is -3.39. The Labute approximate surface area is 171 Å². The second kappa shape index (κ2) is 9.84. The van der Waals surface area contributed by atoms with Crippen molar-refractivity contribution in [2.45, 2.75) is 51.7 Å². The van der Waals surface area contributed by atoms with Crippen LogP contribution in [0, 0.1) is 11.3 Å². The topological polar surface area (TPSA) is 156 Å². The number of ether oxygens (including phenoxy) is 5. The molecule has 0 bridgehead atoms. The Morgan fingerprint density at radius 1 is 1.13 bits per heavy atom. The lowest BCUT2D eigenvalue weighted by Crippen LogP contribution is -2.40. The van der Waals surface area contributed by atoms with Gasteiger partial charge in [0.1, 0.15) is 12.7 Å². The largest absolute Gasteiger partial charge is 0.464 e. The number of hydrogen-bond acceptors (Lipinski definition) is 11. The summed E-state index contributed by atoms with van der Waals surface area (Å²) in [6, 6.07) is 1.92. The summed E-state index contributed by atoms with van der Waals surface area (Å²) >= 11 is 0. The van der Waals surface area contributed by atoms with Gasteiger partial charge in [-0.15, -0.1) is 0 Å². The van der Waals surface area contributed by atoms with Crippen molar-refractivity contribution in [3.63, 3.8) is 0 Å². The second-order valence-corrected chi connectivity index (χ2v) is 6.29. The van der Waals surface area contributed by atoms with Crippen molar-refractivity contribution in [2.75, 3.05) is 13.7 Å². The van der Waals surface area contributed by atoms with Crippen LogP contribution in [0.15, 0.2) is 6.33 Å². The standard InChI is InChI=1S/C18H21N3O9/c1-9(22)27-7-13-15(28-10(2)23)16(29-11(3)24)17(30-13)21-8-20-14(18(25)26-4)12(21)5-6-19/h8,13,15-17H,5,7H2,1-4H3/t13-,15-,16-,17+/m1/s1. The van der Waals surface area contributed by atoms with Crippen LogP contribution in [0.25, 0.3) is 0 Å². The van der Waals surface area contributed by atoms with E-state index in [0.717, 1.165) is 21.0 Å². The van der Waals surface area contributed by atoms with Crippen LogP contribution < -0.4 is 0 Å². The zero-order valence-electron chi connectivity index (χ0n) is 16.8. The quantitative estimate of drug-likeness (QED) is 0.431. The SMILES string of the molecule is COC(=O)c1ncn([C@H]2O[C@H](COC(C)=O)[C@@H](OC(C)=O)[C@H]2OC(C)=O)c1CC#N.